The monoisotopic (exact) mass is 475 g/mol. The van der Waals surface area contributed by atoms with Gasteiger partial charge in [-0.3, -0.25) is 13.9 Å². The van der Waals surface area contributed by atoms with E-state index in [1.54, 1.807) is 41.3 Å². The number of nitrogens with zero attached hydrogens (tertiary/aromatic N) is 2. The van der Waals surface area contributed by atoms with E-state index in [2.05, 4.69) is 5.32 Å². The fraction of sp³-hybridized carbons (Fsp3) is 0.391. The SMILES string of the molecule is CC(C)Oc1cccc(NC(=O)CN(c2ccc(C(=O)N3CCOCC3)cc2)S(C)(=O)=O)c1. The van der Waals surface area contributed by atoms with Crippen LogP contribution in [0.3, 0.4) is 0 Å². The second-order valence-electron chi connectivity index (χ2n) is 7.96. The van der Waals surface area contributed by atoms with Crippen LogP contribution >= 0.6 is 0 Å². The summed E-state index contributed by atoms with van der Waals surface area (Å²) < 4.78 is 36.7. The number of amides is 2. The summed E-state index contributed by atoms with van der Waals surface area (Å²) in [6.45, 7) is 5.40. The molecule has 2 amide bonds. The van der Waals surface area contributed by atoms with E-state index in [-0.39, 0.29) is 12.0 Å². The molecule has 1 fully saturated rings. The molecule has 1 saturated heterocycles. The molecule has 9 nitrogen and oxygen atoms in total. The van der Waals surface area contributed by atoms with Gasteiger partial charge in [-0.15, -0.1) is 0 Å². The van der Waals surface area contributed by atoms with Crippen molar-refractivity contribution in [2.24, 2.45) is 0 Å². The predicted molar refractivity (Wildman–Crippen MR) is 126 cm³/mol. The highest BCUT2D eigenvalue weighted by atomic mass is 32.2. The van der Waals surface area contributed by atoms with Crippen molar-refractivity contribution in [3.8, 4) is 5.75 Å². The van der Waals surface area contributed by atoms with E-state index in [0.717, 1.165) is 10.6 Å². The van der Waals surface area contributed by atoms with Crippen molar-refractivity contribution < 1.29 is 27.5 Å². The molecule has 10 heteroatoms. The zero-order valence-electron chi connectivity index (χ0n) is 19.0. The number of ether oxygens (including phenoxy) is 2. The molecule has 1 heterocycles. The second-order valence-corrected chi connectivity index (χ2v) is 9.87. The summed E-state index contributed by atoms with van der Waals surface area (Å²) in [5, 5.41) is 2.70. The number of benzene rings is 2. The highest BCUT2D eigenvalue weighted by Crippen LogP contribution is 2.21. The molecule has 1 aliphatic heterocycles. The minimum absolute atomic E-state index is 0.0187. The van der Waals surface area contributed by atoms with Crippen molar-refractivity contribution >= 4 is 33.2 Å². The normalized spacial score (nSPS) is 14.1. The number of hydrogen-bond donors (Lipinski definition) is 1. The number of anilines is 2. The molecular weight excluding hydrogens is 446 g/mol. The zero-order valence-corrected chi connectivity index (χ0v) is 19.8. The van der Waals surface area contributed by atoms with Crippen LogP contribution in [-0.4, -0.2) is 70.3 Å². The van der Waals surface area contributed by atoms with Gasteiger partial charge in [-0.05, 0) is 50.2 Å². The van der Waals surface area contributed by atoms with Crippen molar-refractivity contribution in [3.63, 3.8) is 0 Å². The molecule has 0 spiro atoms. The number of rotatable bonds is 8. The lowest BCUT2D eigenvalue weighted by molar-refractivity contribution is -0.114. The van der Waals surface area contributed by atoms with E-state index >= 15 is 0 Å². The third kappa shape index (κ3) is 6.93. The summed E-state index contributed by atoms with van der Waals surface area (Å²) in [5.74, 6) is -0.0455. The van der Waals surface area contributed by atoms with Gasteiger partial charge in [0.25, 0.3) is 5.91 Å². The summed E-state index contributed by atoms with van der Waals surface area (Å²) in [4.78, 5) is 26.9. The molecule has 0 unspecified atom stereocenters. The van der Waals surface area contributed by atoms with Crippen molar-refractivity contribution in [1.29, 1.82) is 0 Å². The second kappa shape index (κ2) is 10.7. The van der Waals surface area contributed by atoms with Crippen molar-refractivity contribution in [1.82, 2.24) is 4.90 Å². The Bertz CT molecular complexity index is 1080. The predicted octanol–water partition coefficient (Wildman–Crippen LogP) is 2.35. The molecule has 0 bridgehead atoms. The first-order chi connectivity index (χ1) is 15.6. The van der Waals surface area contributed by atoms with E-state index in [4.69, 9.17) is 9.47 Å². The van der Waals surface area contributed by atoms with Crippen molar-refractivity contribution in [3.05, 3.63) is 54.1 Å². The Morgan fingerprint density at radius 3 is 2.39 bits per heavy atom. The lowest BCUT2D eigenvalue weighted by atomic mass is 10.1. The Kier molecular flexibility index (Phi) is 7.93. The molecule has 0 aromatic heterocycles. The molecule has 3 rings (SSSR count). The molecule has 0 saturated carbocycles. The van der Waals surface area contributed by atoms with Gasteiger partial charge in [-0.1, -0.05) is 6.07 Å². The van der Waals surface area contributed by atoms with Gasteiger partial charge in [-0.2, -0.15) is 0 Å². The zero-order chi connectivity index (χ0) is 24.0. The molecule has 0 radical (unpaired) electrons. The van der Waals surface area contributed by atoms with E-state index in [1.807, 2.05) is 13.8 Å². The standard InChI is InChI=1S/C23H29N3O6S/c1-17(2)32-21-6-4-5-19(15-21)24-22(27)16-26(33(3,29)30)20-9-7-18(8-10-20)23(28)25-11-13-31-14-12-25/h4-10,15,17H,11-14,16H2,1-3H3,(H,24,27). The van der Waals surface area contributed by atoms with Gasteiger partial charge in [0.1, 0.15) is 12.3 Å². The van der Waals surface area contributed by atoms with Crippen LogP contribution in [0.1, 0.15) is 24.2 Å². The summed E-state index contributed by atoms with van der Waals surface area (Å²) in [7, 11) is -3.75. The summed E-state index contributed by atoms with van der Waals surface area (Å²) in [6.07, 6.45) is 1.01. The largest absolute Gasteiger partial charge is 0.491 e. The lowest BCUT2D eigenvalue weighted by Crippen LogP contribution is -2.40. The van der Waals surface area contributed by atoms with Crippen LogP contribution < -0.4 is 14.4 Å². The van der Waals surface area contributed by atoms with E-state index < -0.39 is 22.5 Å². The van der Waals surface area contributed by atoms with Gasteiger partial charge in [0.2, 0.25) is 15.9 Å². The number of nitrogens with one attached hydrogen (secondary N) is 1. The van der Waals surface area contributed by atoms with Gasteiger partial charge in [0.05, 0.1) is 31.3 Å². The van der Waals surface area contributed by atoms with Gasteiger partial charge >= 0.3 is 0 Å². The molecule has 2 aromatic rings. The number of hydrogen-bond acceptors (Lipinski definition) is 6. The molecule has 1 aliphatic rings. The number of carbonyl (C=O) groups excluding carboxylic acids is 2. The van der Waals surface area contributed by atoms with Gasteiger partial charge in [0.15, 0.2) is 0 Å². The molecular formula is C23H29N3O6S. The molecule has 2 aromatic carbocycles. The third-order valence-corrected chi connectivity index (χ3v) is 6.02. The fourth-order valence-corrected chi connectivity index (χ4v) is 4.23. The lowest BCUT2D eigenvalue weighted by Gasteiger charge is -2.27. The Morgan fingerprint density at radius 2 is 1.79 bits per heavy atom. The van der Waals surface area contributed by atoms with E-state index in [0.29, 0.717) is 49.0 Å². The Morgan fingerprint density at radius 1 is 1.12 bits per heavy atom. The molecule has 1 N–H and O–H groups in total. The number of carbonyl (C=O) groups is 2. The molecule has 178 valence electrons. The fourth-order valence-electron chi connectivity index (χ4n) is 3.37. The van der Waals surface area contributed by atoms with Crippen LogP contribution in [0.15, 0.2) is 48.5 Å². The third-order valence-electron chi connectivity index (χ3n) is 4.88. The number of sulfonamides is 1. The first-order valence-corrected chi connectivity index (χ1v) is 12.5. The Balaban J connectivity index is 1.71. The molecule has 0 atom stereocenters. The van der Waals surface area contributed by atoms with Crippen LogP contribution in [0.4, 0.5) is 11.4 Å². The topological polar surface area (TPSA) is 105 Å². The Hall–Kier alpha value is -3.11. The average Bonchev–Trinajstić information content (AvgIpc) is 2.77. The van der Waals surface area contributed by atoms with E-state index in [1.165, 1.54) is 12.1 Å². The average molecular weight is 476 g/mol. The smallest absolute Gasteiger partial charge is 0.254 e. The highest BCUT2D eigenvalue weighted by Gasteiger charge is 2.23. The minimum atomic E-state index is -3.75. The maximum atomic E-state index is 12.6. The van der Waals surface area contributed by atoms with Crippen LogP contribution in [0.25, 0.3) is 0 Å². The van der Waals surface area contributed by atoms with Crippen LogP contribution in [0.5, 0.6) is 5.75 Å². The summed E-state index contributed by atoms with van der Waals surface area (Å²) in [6, 6.07) is 13.1. The van der Waals surface area contributed by atoms with Gasteiger partial charge in [0, 0.05) is 30.4 Å². The van der Waals surface area contributed by atoms with Crippen LogP contribution in [-0.2, 0) is 19.6 Å². The summed E-state index contributed by atoms with van der Waals surface area (Å²) >= 11 is 0. The van der Waals surface area contributed by atoms with Gasteiger partial charge < -0.3 is 19.7 Å². The maximum absolute atomic E-state index is 12.6. The number of morpholine rings is 1. The Labute approximate surface area is 194 Å². The highest BCUT2D eigenvalue weighted by molar-refractivity contribution is 7.92. The van der Waals surface area contributed by atoms with Crippen molar-refractivity contribution in [2.45, 2.75) is 20.0 Å². The first-order valence-electron chi connectivity index (χ1n) is 10.6. The quantitative estimate of drug-likeness (QED) is 0.628. The minimum Gasteiger partial charge on any atom is -0.491 e. The molecule has 33 heavy (non-hydrogen) atoms. The van der Waals surface area contributed by atoms with E-state index in [9.17, 15) is 18.0 Å². The van der Waals surface area contributed by atoms with Gasteiger partial charge in [-0.25, -0.2) is 8.42 Å². The van der Waals surface area contributed by atoms with Crippen molar-refractivity contribution in [2.75, 3.05) is 48.7 Å². The maximum Gasteiger partial charge on any atom is 0.254 e. The van der Waals surface area contributed by atoms with Crippen LogP contribution in [0, 0.1) is 0 Å². The first kappa shape index (κ1) is 24.5. The molecule has 0 aliphatic carbocycles. The van der Waals surface area contributed by atoms with Crippen LogP contribution in [0.2, 0.25) is 0 Å². The summed E-state index contributed by atoms with van der Waals surface area (Å²) in [5.41, 5.74) is 1.24.